The van der Waals surface area contributed by atoms with Crippen LogP contribution in [-0.2, 0) is 6.42 Å². The second-order valence-electron chi connectivity index (χ2n) is 4.44. The van der Waals surface area contributed by atoms with Crippen LogP contribution in [0.25, 0.3) is 0 Å². The number of nitrogens with one attached hydrogen (secondary N) is 2. The van der Waals surface area contributed by atoms with E-state index >= 15 is 0 Å². The standard InChI is InChI=1S/C14H18N4O2/c1-3-4-10-8-13(18-17-10)16-14(19)11-6-5-9(15)7-12(11)20-2/h5-8H,3-4,15H2,1-2H3,(H2,16,17,18,19). The van der Waals surface area contributed by atoms with Gasteiger partial charge in [-0.05, 0) is 18.6 Å². The third-order valence-electron chi connectivity index (χ3n) is 2.86. The van der Waals surface area contributed by atoms with Crippen LogP contribution in [0.2, 0.25) is 0 Å². The number of rotatable bonds is 5. The summed E-state index contributed by atoms with van der Waals surface area (Å²) in [7, 11) is 1.50. The Hall–Kier alpha value is -2.50. The molecule has 0 fully saturated rings. The summed E-state index contributed by atoms with van der Waals surface area (Å²) in [5.41, 5.74) is 7.62. The lowest BCUT2D eigenvalue weighted by atomic mass is 10.1. The highest BCUT2D eigenvalue weighted by molar-refractivity contribution is 6.06. The summed E-state index contributed by atoms with van der Waals surface area (Å²) in [6.45, 7) is 2.08. The number of aromatic nitrogens is 2. The zero-order chi connectivity index (χ0) is 14.5. The molecule has 0 bridgehead atoms. The number of nitrogens with two attached hydrogens (primary N) is 1. The molecule has 1 amide bonds. The van der Waals surface area contributed by atoms with Crippen LogP contribution in [0.1, 0.15) is 29.4 Å². The molecule has 1 aromatic carbocycles. The predicted octanol–water partition coefficient (Wildman–Crippen LogP) is 2.21. The van der Waals surface area contributed by atoms with Crippen molar-refractivity contribution in [2.24, 2.45) is 0 Å². The van der Waals surface area contributed by atoms with Gasteiger partial charge in [-0.3, -0.25) is 9.89 Å². The number of H-pyrrole nitrogens is 1. The Morgan fingerprint density at radius 3 is 2.95 bits per heavy atom. The summed E-state index contributed by atoms with van der Waals surface area (Å²) in [5, 5.41) is 9.67. The van der Waals surface area contributed by atoms with E-state index in [4.69, 9.17) is 10.5 Å². The molecule has 0 aliphatic carbocycles. The Morgan fingerprint density at radius 1 is 1.45 bits per heavy atom. The maximum Gasteiger partial charge on any atom is 0.260 e. The number of aromatic amines is 1. The molecule has 0 unspecified atom stereocenters. The van der Waals surface area contributed by atoms with Gasteiger partial charge >= 0.3 is 0 Å². The van der Waals surface area contributed by atoms with Crippen LogP contribution in [-0.4, -0.2) is 23.2 Å². The van der Waals surface area contributed by atoms with Crippen LogP contribution in [0.3, 0.4) is 0 Å². The summed E-state index contributed by atoms with van der Waals surface area (Å²) in [6, 6.07) is 6.72. The number of aryl methyl sites for hydroxylation is 1. The van der Waals surface area contributed by atoms with Crippen molar-refractivity contribution in [1.82, 2.24) is 10.2 Å². The Balaban J connectivity index is 2.15. The number of nitrogens with zero attached hydrogens (tertiary/aromatic N) is 1. The van der Waals surface area contributed by atoms with Gasteiger partial charge in [0, 0.05) is 23.5 Å². The average Bonchev–Trinajstić information content (AvgIpc) is 2.86. The molecule has 106 valence electrons. The summed E-state index contributed by atoms with van der Waals surface area (Å²) < 4.78 is 5.16. The quantitative estimate of drug-likeness (QED) is 0.729. The van der Waals surface area contributed by atoms with Crippen LogP contribution in [0.15, 0.2) is 24.3 Å². The minimum atomic E-state index is -0.281. The molecule has 1 aromatic heterocycles. The van der Waals surface area contributed by atoms with Crippen molar-refractivity contribution in [1.29, 1.82) is 0 Å². The fourth-order valence-corrected chi connectivity index (χ4v) is 1.90. The number of carbonyl (C=O) groups excluding carboxylic acids is 1. The fourth-order valence-electron chi connectivity index (χ4n) is 1.90. The zero-order valence-electron chi connectivity index (χ0n) is 11.6. The van der Waals surface area contributed by atoms with Crippen molar-refractivity contribution in [2.45, 2.75) is 19.8 Å². The first-order chi connectivity index (χ1) is 9.63. The van der Waals surface area contributed by atoms with Crippen LogP contribution in [0.5, 0.6) is 5.75 Å². The summed E-state index contributed by atoms with van der Waals surface area (Å²) in [5.74, 6) is 0.653. The fraction of sp³-hybridized carbons (Fsp3) is 0.286. The lowest BCUT2D eigenvalue weighted by Gasteiger charge is -2.08. The maximum absolute atomic E-state index is 12.2. The van der Waals surface area contributed by atoms with Gasteiger partial charge in [0.25, 0.3) is 5.91 Å². The van der Waals surface area contributed by atoms with Crippen LogP contribution < -0.4 is 15.8 Å². The number of ether oxygens (including phenoxy) is 1. The van der Waals surface area contributed by atoms with E-state index in [0.29, 0.717) is 22.8 Å². The van der Waals surface area contributed by atoms with Gasteiger partial charge in [0.05, 0.1) is 12.7 Å². The van der Waals surface area contributed by atoms with E-state index in [1.807, 2.05) is 6.07 Å². The smallest absolute Gasteiger partial charge is 0.260 e. The molecule has 0 aliphatic heterocycles. The number of hydrogen-bond donors (Lipinski definition) is 3. The van der Waals surface area contributed by atoms with Gasteiger partial charge in [-0.25, -0.2) is 0 Å². The highest BCUT2D eigenvalue weighted by Crippen LogP contribution is 2.22. The molecule has 0 atom stereocenters. The number of amides is 1. The van der Waals surface area contributed by atoms with Crippen molar-refractivity contribution >= 4 is 17.4 Å². The number of hydrogen-bond acceptors (Lipinski definition) is 4. The molecule has 6 nitrogen and oxygen atoms in total. The first-order valence-electron chi connectivity index (χ1n) is 6.43. The zero-order valence-corrected chi connectivity index (χ0v) is 11.6. The summed E-state index contributed by atoms with van der Waals surface area (Å²) in [4.78, 5) is 12.2. The van der Waals surface area contributed by atoms with Crippen molar-refractivity contribution in [3.63, 3.8) is 0 Å². The van der Waals surface area contributed by atoms with E-state index in [0.717, 1.165) is 18.5 Å². The van der Waals surface area contributed by atoms with Gasteiger partial charge in [-0.2, -0.15) is 5.10 Å². The monoisotopic (exact) mass is 274 g/mol. The van der Waals surface area contributed by atoms with Crippen molar-refractivity contribution in [3.05, 3.63) is 35.5 Å². The topological polar surface area (TPSA) is 93.0 Å². The van der Waals surface area contributed by atoms with Crippen LogP contribution in [0, 0.1) is 0 Å². The van der Waals surface area contributed by atoms with E-state index in [1.54, 1.807) is 18.2 Å². The Morgan fingerprint density at radius 2 is 2.25 bits per heavy atom. The molecule has 2 rings (SSSR count). The van der Waals surface area contributed by atoms with E-state index in [1.165, 1.54) is 7.11 Å². The van der Waals surface area contributed by atoms with Gasteiger partial charge in [0.2, 0.25) is 0 Å². The van der Waals surface area contributed by atoms with E-state index in [9.17, 15) is 4.79 Å². The Labute approximate surface area is 117 Å². The van der Waals surface area contributed by atoms with Gasteiger partial charge in [0.1, 0.15) is 5.75 Å². The molecular formula is C14H18N4O2. The second-order valence-corrected chi connectivity index (χ2v) is 4.44. The largest absolute Gasteiger partial charge is 0.496 e. The first kappa shape index (κ1) is 13.9. The number of anilines is 2. The number of benzene rings is 1. The van der Waals surface area contributed by atoms with E-state index < -0.39 is 0 Å². The molecule has 0 aliphatic rings. The molecule has 1 heterocycles. The van der Waals surface area contributed by atoms with E-state index in [-0.39, 0.29) is 5.91 Å². The highest BCUT2D eigenvalue weighted by Gasteiger charge is 2.14. The molecule has 0 radical (unpaired) electrons. The first-order valence-corrected chi connectivity index (χ1v) is 6.43. The van der Waals surface area contributed by atoms with Crippen molar-refractivity contribution in [3.8, 4) is 5.75 Å². The molecule has 4 N–H and O–H groups in total. The maximum atomic E-state index is 12.2. The molecule has 0 saturated carbocycles. The molecule has 0 spiro atoms. The number of carbonyl (C=O) groups is 1. The Bertz CT molecular complexity index is 607. The Kier molecular flexibility index (Phi) is 4.24. The van der Waals surface area contributed by atoms with Gasteiger partial charge in [0.15, 0.2) is 5.82 Å². The summed E-state index contributed by atoms with van der Waals surface area (Å²) >= 11 is 0. The third-order valence-corrected chi connectivity index (χ3v) is 2.86. The van der Waals surface area contributed by atoms with E-state index in [2.05, 4.69) is 22.4 Å². The molecule has 6 heteroatoms. The molecular weight excluding hydrogens is 256 g/mol. The van der Waals surface area contributed by atoms with Crippen LogP contribution in [0.4, 0.5) is 11.5 Å². The average molecular weight is 274 g/mol. The summed E-state index contributed by atoms with van der Waals surface area (Å²) in [6.07, 6.45) is 1.91. The van der Waals surface area contributed by atoms with Gasteiger partial charge in [-0.15, -0.1) is 0 Å². The molecule has 2 aromatic rings. The predicted molar refractivity (Wildman–Crippen MR) is 77.9 cm³/mol. The number of nitrogen functional groups attached to an aromatic ring is 1. The molecule has 20 heavy (non-hydrogen) atoms. The lowest BCUT2D eigenvalue weighted by Crippen LogP contribution is -2.13. The minimum Gasteiger partial charge on any atom is -0.496 e. The highest BCUT2D eigenvalue weighted by atomic mass is 16.5. The third kappa shape index (κ3) is 3.09. The SMILES string of the molecule is CCCc1cc(NC(=O)c2ccc(N)cc2OC)n[nH]1. The number of methoxy groups -OCH3 is 1. The van der Waals surface area contributed by atoms with Gasteiger partial charge in [-0.1, -0.05) is 13.3 Å². The minimum absolute atomic E-state index is 0.281. The van der Waals surface area contributed by atoms with Gasteiger partial charge < -0.3 is 15.8 Å². The second kappa shape index (κ2) is 6.10. The normalized spacial score (nSPS) is 10.3. The van der Waals surface area contributed by atoms with Crippen LogP contribution >= 0.6 is 0 Å². The van der Waals surface area contributed by atoms with Crippen molar-refractivity contribution in [2.75, 3.05) is 18.2 Å². The molecule has 0 saturated heterocycles. The van der Waals surface area contributed by atoms with Crippen molar-refractivity contribution < 1.29 is 9.53 Å². The lowest BCUT2D eigenvalue weighted by molar-refractivity contribution is 0.102.